The van der Waals surface area contributed by atoms with Gasteiger partial charge < -0.3 is 15.2 Å². The number of rotatable bonds is 3. The number of phenolic OH excluding ortho intramolecular Hbond substituents is 1. The van der Waals surface area contributed by atoms with Crippen molar-refractivity contribution in [1.82, 2.24) is 0 Å². The van der Waals surface area contributed by atoms with Gasteiger partial charge in [0.1, 0.15) is 0 Å². The van der Waals surface area contributed by atoms with E-state index in [0.29, 0.717) is 5.75 Å². The Balaban J connectivity index is 2.89. The first-order valence-corrected chi connectivity index (χ1v) is 3.88. The van der Waals surface area contributed by atoms with Crippen molar-refractivity contribution in [3.8, 4) is 11.5 Å². The second-order valence-electron chi connectivity index (χ2n) is 2.42. The molecule has 66 valence electrons. The number of phenols is 1. The Hall–Kier alpha value is -1.38. The molecule has 0 saturated heterocycles. The predicted octanol–water partition coefficient (Wildman–Crippen LogP) is 1.83. The van der Waals surface area contributed by atoms with Gasteiger partial charge in [0.15, 0.2) is 11.5 Å². The summed E-state index contributed by atoms with van der Waals surface area (Å²) < 4.78 is 4.94. The minimum Gasteiger partial charge on any atom is -0.504 e. The summed E-state index contributed by atoms with van der Waals surface area (Å²) in [6.07, 6.45) is 0. The number of hydrogen-bond acceptors (Lipinski definition) is 3. The maximum Gasteiger partial charge on any atom is 0.162 e. The zero-order valence-electron chi connectivity index (χ0n) is 7.29. The maximum absolute atomic E-state index is 9.25. The van der Waals surface area contributed by atoms with E-state index in [2.05, 4.69) is 5.32 Å². The Kier molecular flexibility index (Phi) is 2.80. The van der Waals surface area contributed by atoms with Gasteiger partial charge in [-0.15, -0.1) is 0 Å². The number of anilines is 1. The summed E-state index contributed by atoms with van der Waals surface area (Å²) in [5.41, 5.74) is 0.951. The molecule has 0 aromatic heterocycles. The van der Waals surface area contributed by atoms with Crippen LogP contribution in [0.2, 0.25) is 0 Å². The van der Waals surface area contributed by atoms with E-state index in [0.717, 1.165) is 12.2 Å². The lowest BCUT2D eigenvalue weighted by Crippen LogP contribution is -1.96. The first-order chi connectivity index (χ1) is 5.77. The van der Waals surface area contributed by atoms with Crippen LogP contribution >= 0.6 is 0 Å². The number of nitrogens with one attached hydrogen (secondary N) is 1. The van der Waals surface area contributed by atoms with Crippen LogP contribution in [0.1, 0.15) is 6.92 Å². The first-order valence-electron chi connectivity index (χ1n) is 3.88. The molecule has 1 aromatic carbocycles. The fraction of sp³-hybridized carbons (Fsp3) is 0.333. The van der Waals surface area contributed by atoms with Gasteiger partial charge in [-0.3, -0.25) is 0 Å². The van der Waals surface area contributed by atoms with Crippen molar-refractivity contribution in [2.24, 2.45) is 0 Å². The predicted molar refractivity (Wildman–Crippen MR) is 48.8 cm³/mol. The van der Waals surface area contributed by atoms with Crippen molar-refractivity contribution in [1.29, 1.82) is 0 Å². The van der Waals surface area contributed by atoms with E-state index in [1.54, 1.807) is 18.2 Å². The summed E-state index contributed by atoms with van der Waals surface area (Å²) in [5, 5.41) is 12.4. The lowest BCUT2D eigenvalue weighted by Gasteiger charge is -2.06. The van der Waals surface area contributed by atoms with E-state index in [1.807, 2.05) is 6.92 Å². The van der Waals surface area contributed by atoms with Gasteiger partial charge in [0.2, 0.25) is 0 Å². The average molecular weight is 167 g/mol. The van der Waals surface area contributed by atoms with Gasteiger partial charge in [0.25, 0.3) is 0 Å². The van der Waals surface area contributed by atoms with Gasteiger partial charge in [-0.2, -0.15) is 0 Å². The number of benzene rings is 1. The van der Waals surface area contributed by atoms with Crippen LogP contribution in [0, 0.1) is 0 Å². The van der Waals surface area contributed by atoms with E-state index in [9.17, 15) is 5.11 Å². The Morgan fingerprint density at radius 2 is 2.25 bits per heavy atom. The highest BCUT2D eigenvalue weighted by molar-refractivity contribution is 5.54. The Morgan fingerprint density at radius 1 is 1.50 bits per heavy atom. The third-order valence-electron chi connectivity index (χ3n) is 1.56. The second-order valence-corrected chi connectivity index (χ2v) is 2.42. The molecule has 0 aliphatic rings. The lowest BCUT2D eigenvalue weighted by atomic mass is 10.3. The molecule has 3 nitrogen and oxygen atoms in total. The van der Waals surface area contributed by atoms with Crippen LogP contribution in [0.15, 0.2) is 18.2 Å². The van der Waals surface area contributed by atoms with E-state index >= 15 is 0 Å². The highest BCUT2D eigenvalue weighted by atomic mass is 16.5. The molecule has 0 amide bonds. The van der Waals surface area contributed by atoms with Crippen molar-refractivity contribution in [3.05, 3.63) is 18.2 Å². The lowest BCUT2D eigenvalue weighted by molar-refractivity contribution is 0.373. The van der Waals surface area contributed by atoms with Crippen molar-refractivity contribution in [2.75, 3.05) is 19.0 Å². The molecule has 0 aliphatic carbocycles. The summed E-state index contributed by atoms with van der Waals surface area (Å²) in [4.78, 5) is 0. The molecular formula is C9H13NO2. The van der Waals surface area contributed by atoms with Gasteiger partial charge in [-0.1, -0.05) is 0 Å². The first kappa shape index (κ1) is 8.71. The molecule has 0 radical (unpaired) electrons. The van der Waals surface area contributed by atoms with Crippen LogP contribution in [-0.4, -0.2) is 18.8 Å². The summed E-state index contributed by atoms with van der Waals surface area (Å²) in [6, 6.07) is 5.18. The molecule has 12 heavy (non-hydrogen) atoms. The van der Waals surface area contributed by atoms with E-state index < -0.39 is 0 Å². The van der Waals surface area contributed by atoms with Crippen molar-refractivity contribution < 1.29 is 9.84 Å². The van der Waals surface area contributed by atoms with E-state index in [-0.39, 0.29) is 5.75 Å². The van der Waals surface area contributed by atoms with Crippen LogP contribution < -0.4 is 10.1 Å². The molecular weight excluding hydrogens is 154 g/mol. The minimum absolute atomic E-state index is 0.166. The van der Waals surface area contributed by atoms with Crippen molar-refractivity contribution >= 4 is 5.69 Å². The maximum atomic E-state index is 9.25. The van der Waals surface area contributed by atoms with Crippen molar-refractivity contribution in [3.63, 3.8) is 0 Å². The largest absolute Gasteiger partial charge is 0.504 e. The quantitative estimate of drug-likeness (QED) is 0.675. The highest BCUT2D eigenvalue weighted by Crippen LogP contribution is 2.28. The Morgan fingerprint density at radius 3 is 2.83 bits per heavy atom. The van der Waals surface area contributed by atoms with Crippen molar-refractivity contribution in [2.45, 2.75) is 6.92 Å². The minimum atomic E-state index is 0.166. The van der Waals surface area contributed by atoms with Gasteiger partial charge in [-0.25, -0.2) is 0 Å². The zero-order valence-corrected chi connectivity index (χ0v) is 7.29. The molecule has 0 aliphatic heterocycles. The third-order valence-corrected chi connectivity index (χ3v) is 1.56. The highest BCUT2D eigenvalue weighted by Gasteiger charge is 2.00. The summed E-state index contributed by atoms with van der Waals surface area (Å²) in [6.45, 7) is 2.87. The molecule has 0 fully saturated rings. The SMILES string of the molecule is CCNc1ccc(O)c(OC)c1. The second kappa shape index (κ2) is 3.85. The zero-order chi connectivity index (χ0) is 8.97. The number of ether oxygens (including phenoxy) is 1. The number of aromatic hydroxyl groups is 1. The van der Waals surface area contributed by atoms with Gasteiger partial charge >= 0.3 is 0 Å². The van der Waals surface area contributed by atoms with E-state index in [4.69, 9.17) is 4.74 Å². The smallest absolute Gasteiger partial charge is 0.162 e. The molecule has 1 rings (SSSR count). The van der Waals surface area contributed by atoms with Gasteiger partial charge in [-0.05, 0) is 19.1 Å². The molecule has 0 saturated carbocycles. The fourth-order valence-corrected chi connectivity index (χ4v) is 0.992. The monoisotopic (exact) mass is 167 g/mol. The number of hydrogen-bond donors (Lipinski definition) is 2. The molecule has 0 unspecified atom stereocenters. The fourth-order valence-electron chi connectivity index (χ4n) is 0.992. The normalized spacial score (nSPS) is 9.50. The molecule has 3 heteroatoms. The topological polar surface area (TPSA) is 41.5 Å². The third kappa shape index (κ3) is 1.81. The summed E-state index contributed by atoms with van der Waals surface area (Å²) in [7, 11) is 1.53. The van der Waals surface area contributed by atoms with Crippen LogP contribution in [0.4, 0.5) is 5.69 Å². The number of methoxy groups -OCH3 is 1. The van der Waals surface area contributed by atoms with Crippen LogP contribution in [0.5, 0.6) is 11.5 Å². The molecule has 0 atom stereocenters. The van der Waals surface area contributed by atoms with Crippen LogP contribution in [0.25, 0.3) is 0 Å². The Labute approximate surface area is 72.0 Å². The molecule has 0 spiro atoms. The van der Waals surface area contributed by atoms with Crippen LogP contribution in [0.3, 0.4) is 0 Å². The Bertz CT molecular complexity index is 261. The molecule has 0 bridgehead atoms. The molecule has 0 heterocycles. The molecule has 1 aromatic rings. The van der Waals surface area contributed by atoms with Gasteiger partial charge in [0, 0.05) is 18.3 Å². The summed E-state index contributed by atoms with van der Waals surface area (Å²) in [5.74, 6) is 0.660. The van der Waals surface area contributed by atoms with Gasteiger partial charge in [0.05, 0.1) is 7.11 Å². The standard InChI is InChI=1S/C9H13NO2/c1-3-10-7-4-5-8(11)9(6-7)12-2/h4-6,10-11H,3H2,1-2H3. The summed E-state index contributed by atoms with van der Waals surface area (Å²) >= 11 is 0. The van der Waals surface area contributed by atoms with E-state index in [1.165, 1.54) is 7.11 Å². The average Bonchev–Trinajstić information content (AvgIpc) is 2.09. The van der Waals surface area contributed by atoms with Crippen LogP contribution in [-0.2, 0) is 0 Å². The molecule has 2 N–H and O–H groups in total.